The fraction of sp³-hybridized carbons (Fsp3) is 0.389. The van der Waals surface area contributed by atoms with E-state index < -0.39 is 10.0 Å². The molecule has 2 aromatic heterocycles. The topological polar surface area (TPSA) is 83.7 Å². The molecule has 0 saturated carbocycles. The minimum absolute atomic E-state index is 0.411. The SMILES string of the molecule is CCc1ccccc1S(=O)(=O)N1CCN(c2nccn3c(C)nnc23)CC1. The Bertz CT molecular complexity index is 1070. The van der Waals surface area contributed by atoms with Crippen LogP contribution in [0.3, 0.4) is 0 Å². The Balaban J connectivity index is 1.57. The van der Waals surface area contributed by atoms with Crippen LogP contribution >= 0.6 is 0 Å². The quantitative estimate of drug-likeness (QED) is 0.676. The lowest BCUT2D eigenvalue weighted by molar-refractivity contribution is 0.383. The van der Waals surface area contributed by atoms with Gasteiger partial charge in [-0.25, -0.2) is 13.4 Å². The molecular formula is C18H22N6O2S. The van der Waals surface area contributed by atoms with Gasteiger partial charge >= 0.3 is 0 Å². The molecule has 0 radical (unpaired) electrons. The fourth-order valence-electron chi connectivity index (χ4n) is 3.48. The molecule has 1 aromatic carbocycles. The van der Waals surface area contributed by atoms with Crippen molar-refractivity contribution in [2.24, 2.45) is 0 Å². The normalized spacial score (nSPS) is 16.1. The molecule has 0 amide bonds. The largest absolute Gasteiger partial charge is 0.351 e. The molecule has 0 aliphatic carbocycles. The van der Waals surface area contributed by atoms with E-state index in [1.807, 2.05) is 36.6 Å². The smallest absolute Gasteiger partial charge is 0.243 e. The second-order valence-corrected chi connectivity index (χ2v) is 8.45. The summed E-state index contributed by atoms with van der Waals surface area (Å²) in [5.41, 5.74) is 1.55. The van der Waals surface area contributed by atoms with Crippen LogP contribution in [0.4, 0.5) is 5.82 Å². The van der Waals surface area contributed by atoms with Crippen LogP contribution in [0.5, 0.6) is 0 Å². The number of rotatable bonds is 4. The van der Waals surface area contributed by atoms with Crippen LogP contribution in [-0.2, 0) is 16.4 Å². The van der Waals surface area contributed by atoms with Crippen molar-refractivity contribution in [3.8, 4) is 0 Å². The number of nitrogens with zero attached hydrogens (tertiary/aromatic N) is 6. The molecular weight excluding hydrogens is 364 g/mol. The summed E-state index contributed by atoms with van der Waals surface area (Å²) in [5, 5.41) is 8.31. The van der Waals surface area contributed by atoms with Crippen molar-refractivity contribution in [1.82, 2.24) is 23.9 Å². The Kier molecular flexibility index (Phi) is 4.56. The monoisotopic (exact) mass is 386 g/mol. The third kappa shape index (κ3) is 3.06. The zero-order valence-corrected chi connectivity index (χ0v) is 16.2. The molecule has 0 N–H and O–H groups in total. The highest BCUT2D eigenvalue weighted by Crippen LogP contribution is 2.24. The van der Waals surface area contributed by atoms with E-state index in [2.05, 4.69) is 20.1 Å². The Labute approximate surface area is 158 Å². The summed E-state index contributed by atoms with van der Waals surface area (Å²) in [7, 11) is -3.50. The number of sulfonamides is 1. The second-order valence-electron chi connectivity index (χ2n) is 6.54. The van der Waals surface area contributed by atoms with Gasteiger partial charge in [-0.3, -0.25) is 4.40 Å². The van der Waals surface area contributed by atoms with E-state index in [1.54, 1.807) is 22.6 Å². The molecule has 3 heterocycles. The summed E-state index contributed by atoms with van der Waals surface area (Å²) >= 11 is 0. The van der Waals surface area contributed by atoms with Crippen LogP contribution in [0.15, 0.2) is 41.6 Å². The summed E-state index contributed by atoms with van der Waals surface area (Å²) in [6.07, 6.45) is 4.24. The molecule has 0 bridgehead atoms. The van der Waals surface area contributed by atoms with Gasteiger partial charge < -0.3 is 4.90 Å². The number of hydrogen-bond acceptors (Lipinski definition) is 6. The highest BCUT2D eigenvalue weighted by atomic mass is 32.2. The van der Waals surface area contributed by atoms with Crippen LogP contribution in [-0.4, -0.2) is 58.5 Å². The number of hydrogen-bond donors (Lipinski definition) is 0. The zero-order chi connectivity index (χ0) is 19.0. The first kappa shape index (κ1) is 17.9. The van der Waals surface area contributed by atoms with E-state index in [9.17, 15) is 8.42 Å². The molecule has 9 heteroatoms. The first-order chi connectivity index (χ1) is 13.0. The van der Waals surface area contributed by atoms with Crippen molar-refractivity contribution in [2.45, 2.75) is 25.2 Å². The highest BCUT2D eigenvalue weighted by Gasteiger charge is 2.31. The van der Waals surface area contributed by atoms with Crippen molar-refractivity contribution in [3.63, 3.8) is 0 Å². The van der Waals surface area contributed by atoms with E-state index in [0.29, 0.717) is 43.1 Å². The Morgan fingerprint density at radius 3 is 2.56 bits per heavy atom. The average molecular weight is 386 g/mol. The predicted octanol–water partition coefficient (Wildman–Crippen LogP) is 1.51. The second kappa shape index (κ2) is 6.90. The van der Waals surface area contributed by atoms with Crippen LogP contribution in [0, 0.1) is 6.92 Å². The Hall–Kier alpha value is -2.52. The van der Waals surface area contributed by atoms with Crippen molar-refractivity contribution in [2.75, 3.05) is 31.1 Å². The van der Waals surface area contributed by atoms with Gasteiger partial charge in [0.1, 0.15) is 5.82 Å². The third-order valence-electron chi connectivity index (χ3n) is 4.99. The van der Waals surface area contributed by atoms with E-state index in [-0.39, 0.29) is 0 Å². The predicted molar refractivity (Wildman–Crippen MR) is 102 cm³/mol. The first-order valence-electron chi connectivity index (χ1n) is 9.01. The van der Waals surface area contributed by atoms with Crippen molar-refractivity contribution >= 4 is 21.5 Å². The van der Waals surface area contributed by atoms with Gasteiger partial charge in [0, 0.05) is 38.6 Å². The number of anilines is 1. The lowest BCUT2D eigenvalue weighted by Crippen LogP contribution is -2.49. The number of fused-ring (bicyclic) bond motifs is 1. The third-order valence-corrected chi connectivity index (χ3v) is 6.99. The van der Waals surface area contributed by atoms with Gasteiger partial charge in [-0.05, 0) is 25.0 Å². The molecule has 142 valence electrons. The maximum Gasteiger partial charge on any atom is 0.243 e. The average Bonchev–Trinajstić information content (AvgIpc) is 3.09. The molecule has 4 rings (SSSR count). The number of aryl methyl sites for hydroxylation is 2. The van der Waals surface area contributed by atoms with E-state index in [4.69, 9.17) is 0 Å². The lowest BCUT2D eigenvalue weighted by Gasteiger charge is -2.34. The summed E-state index contributed by atoms with van der Waals surface area (Å²) in [6.45, 7) is 5.81. The number of aromatic nitrogens is 4. The van der Waals surface area contributed by atoms with Crippen LogP contribution in [0.1, 0.15) is 18.3 Å². The molecule has 1 saturated heterocycles. The molecule has 1 fully saturated rings. The van der Waals surface area contributed by atoms with Crippen molar-refractivity contribution in [3.05, 3.63) is 48.0 Å². The zero-order valence-electron chi connectivity index (χ0n) is 15.4. The van der Waals surface area contributed by atoms with Gasteiger partial charge in [0.25, 0.3) is 0 Å². The molecule has 8 nitrogen and oxygen atoms in total. The maximum absolute atomic E-state index is 13.1. The van der Waals surface area contributed by atoms with Crippen molar-refractivity contribution in [1.29, 1.82) is 0 Å². The van der Waals surface area contributed by atoms with Gasteiger partial charge in [-0.2, -0.15) is 4.31 Å². The van der Waals surface area contributed by atoms with E-state index in [1.165, 1.54) is 0 Å². The Morgan fingerprint density at radius 1 is 1.07 bits per heavy atom. The highest BCUT2D eigenvalue weighted by molar-refractivity contribution is 7.89. The number of benzene rings is 1. The van der Waals surface area contributed by atoms with E-state index >= 15 is 0 Å². The molecule has 1 aliphatic rings. The molecule has 0 unspecified atom stereocenters. The molecule has 0 spiro atoms. The summed E-state index contributed by atoms with van der Waals surface area (Å²) in [6, 6.07) is 7.23. The minimum Gasteiger partial charge on any atom is -0.351 e. The fourth-order valence-corrected chi connectivity index (χ4v) is 5.20. The summed E-state index contributed by atoms with van der Waals surface area (Å²) < 4.78 is 29.6. The molecule has 1 aliphatic heterocycles. The van der Waals surface area contributed by atoms with Gasteiger partial charge in [-0.1, -0.05) is 25.1 Å². The Morgan fingerprint density at radius 2 is 1.81 bits per heavy atom. The van der Waals surface area contributed by atoms with Gasteiger partial charge in [0.15, 0.2) is 5.82 Å². The van der Waals surface area contributed by atoms with Crippen LogP contribution < -0.4 is 4.90 Å². The minimum atomic E-state index is -3.50. The molecule has 0 atom stereocenters. The number of piperazine rings is 1. The van der Waals surface area contributed by atoms with Gasteiger partial charge in [0.2, 0.25) is 15.7 Å². The summed E-state index contributed by atoms with van der Waals surface area (Å²) in [4.78, 5) is 6.93. The van der Waals surface area contributed by atoms with Gasteiger partial charge in [-0.15, -0.1) is 10.2 Å². The van der Waals surface area contributed by atoms with Crippen LogP contribution in [0.2, 0.25) is 0 Å². The lowest BCUT2D eigenvalue weighted by atomic mass is 10.2. The maximum atomic E-state index is 13.1. The first-order valence-corrected chi connectivity index (χ1v) is 10.5. The standard InChI is InChI=1S/C18H22N6O2S/c1-3-15-6-4-5-7-16(15)27(25,26)23-12-10-22(11-13-23)17-18-21-20-14(2)24(18)9-8-19-17/h4-9H,3,10-13H2,1-2H3. The molecule has 3 aromatic rings. The van der Waals surface area contributed by atoms with E-state index in [0.717, 1.165) is 17.2 Å². The summed E-state index contributed by atoms with van der Waals surface area (Å²) in [5.74, 6) is 1.54. The van der Waals surface area contributed by atoms with Gasteiger partial charge in [0.05, 0.1) is 4.90 Å². The molecule has 27 heavy (non-hydrogen) atoms. The van der Waals surface area contributed by atoms with Crippen molar-refractivity contribution < 1.29 is 8.42 Å². The van der Waals surface area contributed by atoms with Crippen LogP contribution in [0.25, 0.3) is 5.65 Å².